The summed E-state index contributed by atoms with van der Waals surface area (Å²) in [5, 5.41) is 0. The van der Waals surface area contributed by atoms with Crippen LogP contribution >= 0.6 is 0 Å². The molecule has 1 saturated heterocycles. The van der Waals surface area contributed by atoms with Crippen LogP contribution in [-0.2, 0) is 9.47 Å². The van der Waals surface area contributed by atoms with Crippen LogP contribution < -0.4 is 4.90 Å². The molecule has 3 heteroatoms. The molecular weight excluding hydrogens is 250 g/mol. The van der Waals surface area contributed by atoms with Crippen LogP contribution in [0.3, 0.4) is 0 Å². The number of hydrogen-bond acceptors (Lipinski definition) is 3. The average Bonchev–Trinajstić information content (AvgIpc) is 2.84. The average molecular weight is 273 g/mol. The molecule has 0 aromatic heterocycles. The van der Waals surface area contributed by atoms with E-state index in [0.29, 0.717) is 5.92 Å². The molecule has 2 heterocycles. The summed E-state index contributed by atoms with van der Waals surface area (Å²) in [7, 11) is 0. The smallest absolute Gasteiger partial charge is 0.105 e. The monoisotopic (exact) mass is 273 g/mol. The minimum atomic E-state index is 0.229. The highest BCUT2D eigenvalue weighted by Crippen LogP contribution is 2.31. The lowest BCUT2D eigenvalue weighted by molar-refractivity contribution is -0.00522. The standard InChI is InChI=1S/C17H23NO2/c1-12-10-18(11-13(2)20-12)16-6-4-5-15(9-16)17-7-8-19-14(17)3/h4-9,12-14,17H,10-11H2,1-3H3/t12-,13+,14?,17?. The van der Waals surface area contributed by atoms with Crippen molar-refractivity contribution >= 4 is 5.69 Å². The summed E-state index contributed by atoms with van der Waals surface area (Å²) in [5.74, 6) is 0.367. The van der Waals surface area contributed by atoms with Gasteiger partial charge < -0.3 is 14.4 Å². The molecule has 2 unspecified atom stereocenters. The summed E-state index contributed by atoms with van der Waals surface area (Å²) < 4.78 is 11.3. The van der Waals surface area contributed by atoms with Gasteiger partial charge in [0, 0.05) is 24.7 Å². The van der Waals surface area contributed by atoms with Crippen molar-refractivity contribution in [2.24, 2.45) is 0 Å². The molecule has 2 aliphatic heterocycles. The molecule has 0 saturated carbocycles. The number of ether oxygens (including phenoxy) is 2. The molecule has 1 fully saturated rings. The van der Waals surface area contributed by atoms with E-state index in [0.717, 1.165) is 13.1 Å². The third-order valence-corrected chi connectivity index (χ3v) is 4.12. The van der Waals surface area contributed by atoms with E-state index < -0.39 is 0 Å². The lowest BCUT2D eigenvalue weighted by Gasteiger charge is -2.37. The third-order valence-electron chi connectivity index (χ3n) is 4.12. The fourth-order valence-electron chi connectivity index (χ4n) is 3.19. The Labute approximate surface area is 121 Å². The van der Waals surface area contributed by atoms with Gasteiger partial charge in [0.2, 0.25) is 0 Å². The Morgan fingerprint density at radius 3 is 2.50 bits per heavy atom. The Morgan fingerprint density at radius 2 is 1.85 bits per heavy atom. The second-order valence-electron chi connectivity index (χ2n) is 5.95. The SMILES string of the molecule is CC1OC=CC1c1cccc(N2C[C@@H](C)O[C@@H](C)C2)c1. The number of rotatable bonds is 2. The first kappa shape index (κ1) is 13.5. The Hall–Kier alpha value is -1.48. The van der Waals surface area contributed by atoms with E-state index in [-0.39, 0.29) is 18.3 Å². The first-order valence-electron chi connectivity index (χ1n) is 7.46. The normalized spacial score (nSPS) is 33.2. The highest BCUT2D eigenvalue weighted by molar-refractivity contribution is 5.50. The largest absolute Gasteiger partial charge is 0.498 e. The molecule has 0 amide bonds. The first-order valence-corrected chi connectivity index (χ1v) is 7.46. The first-order chi connectivity index (χ1) is 9.63. The van der Waals surface area contributed by atoms with E-state index in [4.69, 9.17) is 9.47 Å². The van der Waals surface area contributed by atoms with Gasteiger partial charge in [-0.15, -0.1) is 0 Å². The Morgan fingerprint density at radius 1 is 1.10 bits per heavy atom. The molecule has 108 valence electrons. The second-order valence-corrected chi connectivity index (χ2v) is 5.95. The Kier molecular flexibility index (Phi) is 3.70. The van der Waals surface area contributed by atoms with E-state index >= 15 is 0 Å². The van der Waals surface area contributed by atoms with Gasteiger partial charge in [-0.05, 0) is 44.5 Å². The van der Waals surface area contributed by atoms with Crippen LogP contribution in [0.5, 0.6) is 0 Å². The van der Waals surface area contributed by atoms with Crippen molar-refractivity contribution in [1.82, 2.24) is 0 Å². The van der Waals surface area contributed by atoms with Crippen molar-refractivity contribution in [2.45, 2.75) is 45.0 Å². The van der Waals surface area contributed by atoms with Crippen molar-refractivity contribution in [2.75, 3.05) is 18.0 Å². The number of morpholine rings is 1. The predicted molar refractivity (Wildman–Crippen MR) is 81.1 cm³/mol. The van der Waals surface area contributed by atoms with Gasteiger partial charge in [0.25, 0.3) is 0 Å². The second kappa shape index (κ2) is 5.49. The van der Waals surface area contributed by atoms with Gasteiger partial charge in [-0.25, -0.2) is 0 Å². The highest BCUT2D eigenvalue weighted by Gasteiger charge is 2.25. The number of anilines is 1. The molecule has 3 rings (SSSR count). The summed E-state index contributed by atoms with van der Waals surface area (Å²) in [6.07, 6.45) is 4.77. The minimum absolute atomic E-state index is 0.229. The van der Waals surface area contributed by atoms with Crippen LogP contribution in [0.1, 0.15) is 32.3 Å². The topological polar surface area (TPSA) is 21.7 Å². The van der Waals surface area contributed by atoms with E-state index in [2.05, 4.69) is 56.0 Å². The molecular formula is C17H23NO2. The van der Waals surface area contributed by atoms with Crippen LogP contribution in [0.4, 0.5) is 5.69 Å². The Balaban J connectivity index is 1.82. The molecule has 0 aliphatic carbocycles. The zero-order valence-corrected chi connectivity index (χ0v) is 12.5. The molecule has 0 radical (unpaired) electrons. The van der Waals surface area contributed by atoms with Crippen molar-refractivity contribution in [3.05, 3.63) is 42.2 Å². The molecule has 2 aliphatic rings. The Bertz CT molecular complexity index is 490. The van der Waals surface area contributed by atoms with Crippen LogP contribution in [0.25, 0.3) is 0 Å². The summed E-state index contributed by atoms with van der Waals surface area (Å²) in [6, 6.07) is 8.83. The van der Waals surface area contributed by atoms with Gasteiger partial charge in [0.1, 0.15) is 6.10 Å². The van der Waals surface area contributed by atoms with Crippen LogP contribution in [0, 0.1) is 0 Å². The van der Waals surface area contributed by atoms with Crippen molar-refractivity contribution in [3.63, 3.8) is 0 Å². The lowest BCUT2D eigenvalue weighted by Crippen LogP contribution is -2.45. The molecule has 4 atom stereocenters. The van der Waals surface area contributed by atoms with Gasteiger partial charge >= 0.3 is 0 Å². The maximum atomic E-state index is 5.81. The van der Waals surface area contributed by atoms with Gasteiger partial charge in [-0.3, -0.25) is 0 Å². The van der Waals surface area contributed by atoms with E-state index in [1.807, 2.05) is 6.26 Å². The third kappa shape index (κ3) is 2.68. The minimum Gasteiger partial charge on any atom is -0.498 e. The quantitative estimate of drug-likeness (QED) is 0.825. The summed E-state index contributed by atoms with van der Waals surface area (Å²) >= 11 is 0. The van der Waals surface area contributed by atoms with Crippen LogP contribution in [0.15, 0.2) is 36.6 Å². The van der Waals surface area contributed by atoms with Gasteiger partial charge in [-0.1, -0.05) is 12.1 Å². The molecule has 3 nitrogen and oxygen atoms in total. The predicted octanol–water partition coefficient (Wildman–Crippen LogP) is 3.32. The van der Waals surface area contributed by atoms with Crippen molar-refractivity contribution in [1.29, 1.82) is 0 Å². The summed E-state index contributed by atoms with van der Waals surface area (Å²) in [5.41, 5.74) is 2.62. The van der Waals surface area contributed by atoms with Crippen LogP contribution in [0.2, 0.25) is 0 Å². The van der Waals surface area contributed by atoms with Crippen LogP contribution in [-0.4, -0.2) is 31.4 Å². The van der Waals surface area contributed by atoms with E-state index in [1.54, 1.807) is 0 Å². The summed E-state index contributed by atoms with van der Waals surface area (Å²) in [4.78, 5) is 2.42. The van der Waals surface area contributed by atoms with Crippen molar-refractivity contribution in [3.8, 4) is 0 Å². The lowest BCUT2D eigenvalue weighted by atomic mass is 9.95. The number of nitrogens with zero attached hydrogens (tertiary/aromatic N) is 1. The van der Waals surface area contributed by atoms with E-state index in [9.17, 15) is 0 Å². The van der Waals surface area contributed by atoms with Gasteiger partial charge in [0.15, 0.2) is 0 Å². The van der Waals surface area contributed by atoms with Gasteiger partial charge in [0.05, 0.1) is 18.5 Å². The molecule has 20 heavy (non-hydrogen) atoms. The zero-order valence-electron chi connectivity index (χ0n) is 12.5. The maximum Gasteiger partial charge on any atom is 0.105 e. The zero-order chi connectivity index (χ0) is 14.1. The molecule has 1 aromatic carbocycles. The molecule has 0 bridgehead atoms. The number of hydrogen-bond donors (Lipinski definition) is 0. The maximum absolute atomic E-state index is 5.81. The fourth-order valence-corrected chi connectivity index (χ4v) is 3.19. The van der Waals surface area contributed by atoms with Crippen molar-refractivity contribution < 1.29 is 9.47 Å². The van der Waals surface area contributed by atoms with Gasteiger partial charge in [-0.2, -0.15) is 0 Å². The molecule has 1 aromatic rings. The number of benzene rings is 1. The van der Waals surface area contributed by atoms with E-state index in [1.165, 1.54) is 11.3 Å². The highest BCUT2D eigenvalue weighted by atomic mass is 16.5. The summed E-state index contributed by atoms with van der Waals surface area (Å²) in [6.45, 7) is 8.32. The molecule has 0 N–H and O–H groups in total. The fraction of sp³-hybridized carbons (Fsp3) is 0.529. The molecule has 0 spiro atoms.